The Morgan fingerprint density at radius 2 is 2.00 bits per heavy atom. The highest BCUT2D eigenvalue weighted by Crippen LogP contribution is 2.28. The summed E-state index contributed by atoms with van der Waals surface area (Å²) in [5.41, 5.74) is 2.12. The summed E-state index contributed by atoms with van der Waals surface area (Å²) in [4.78, 5) is 5.78. The minimum Gasteiger partial charge on any atom is -0.508 e. The van der Waals surface area contributed by atoms with Crippen molar-refractivity contribution in [1.82, 2.24) is 10.3 Å². The molecule has 0 aliphatic carbocycles. The normalized spacial score (nSPS) is 10.6. The van der Waals surface area contributed by atoms with Crippen molar-refractivity contribution in [2.24, 2.45) is 0 Å². The fraction of sp³-hybridized carbons (Fsp3) is 0.250. The zero-order chi connectivity index (χ0) is 11.5. The number of nitrogens with one attached hydrogen (secondary N) is 1. The molecule has 0 radical (unpaired) electrons. The van der Waals surface area contributed by atoms with E-state index in [1.807, 2.05) is 26.1 Å². The summed E-state index contributed by atoms with van der Waals surface area (Å²) in [6, 6.07) is 7.14. The molecular formula is C12H14N2OS. The first-order valence-corrected chi connectivity index (χ1v) is 5.92. The van der Waals surface area contributed by atoms with Crippen molar-refractivity contribution in [3.05, 3.63) is 34.8 Å². The molecule has 2 rings (SSSR count). The number of nitrogens with zero attached hydrogens (tertiary/aromatic N) is 1. The summed E-state index contributed by atoms with van der Waals surface area (Å²) in [6.45, 7) is 2.87. The van der Waals surface area contributed by atoms with E-state index in [1.165, 1.54) is 4.88 Å². The summed E-state index contributed by atoms with van der Waals surface area (Å²) >= 11 is 1.69. The molecule has 16 heavy (non-hydrogen) atoms. The third-order valence-corrected chi connectivity index (χ3v) is 3.55. The van der Waals surface area contributed by atoms with E-state index in [1.54, 1.807) is 23.5 Å². The third kappa shape index (κ3) is 2.23. The number of benzene rings is 1. The van der Waals surface area contributed by atoms with Gasteiger partial charge in [0.1, 0.15) is 10.8 Å². The molecule has 0 aliphatic rings. The van der Waals surface area contributed by atoms with Crippen molar-refractivity contribution in [3.8, 4) is 16.3 Å². The fourth-order valence-corrected chi connectivity index (χ4v) is 2.56. The van der Waals surface area contributed by atoms with Gasteiger partial charge < -0.3 is 10.4 Å². The molecule has 0 saturated carbocycles. The average molecular weight is 234 g/mol. The highest BCUT2D eigenvalue weighted by atomic mass is 32.1. The van der Waals surface area contributed by atoms with Crippen molar-refractivity contribution >= 4 is 11.3 Å². The molecule has 0 unspecified atom stereocenters. The number of aryl methyl sites for hydroxylation is 1. The lowest BCUT2D eigenvalue weighted by molar-refractivity contribution is 0.475. The van der Waals surface area contributed by atoms with Crippen molar-refractivity contribution in [3.63, 3.8) is 0 Å². The molecule has 0 bridgehead atoms. The first kappa shape index (κ1) is 11.1. The molecule has 0 amide bonds. The molecule has 0 atom stereocenters. The van der Waals surface area contributed by atoms with E-state index in [9.17, 15) is 5.11 Å². The van der Waals surface area contributed by atoms with Gasteiger partial charge in [-0.15, -0.1) is 11.3 Å². The minimum absolute atomic E-state index is 0.285. The number of hydrogen-bond donors (Lipinski definition) is 2. The second-order valence-electron chi connectivity index (χ2n) is 3.60. The number of rotatable bonds is 3. The van der Waals surface area contributed by atoms with Gasteiger partial charge in [0.2, 0.25) is 0 Å². The molecule has 2 aromatic rings. The number of hydrogen-bond acceptors (Lipinski definition) is 4. The largest absolute Gasteiger partial charge is 0.508 e. The molecule has 0 spiro atoms. The van der Waals surface area contributed by atoms with E-state index in [2.05, 4.69) is 10.3 Å². The van der Waals surface area contributed by atoms with Gasteiger partial charge in [-0.2, -0.15) is 0 Å². The molecule has 1 aromatic heterocycles. The number of phenols is 1. The van der Waals surface area contributed by atoms with Crippen LogP contribution in [0.25, 0.3) is 10.6 Å². The van der Waals surface area contributed by atoms with Gasteiger partial charge in [-0.1, -0.05) is 0 Å². The van der Waals surface area contributed by atoms with E-state index < -0.39 is 0 Å². The van der Waals surface area contributed by atoms with Gasteiger partial charge in [0.25, 0.3) is 0 Å². The molecule has 1 heterocycles. The molecule has 3 nitrogen and oxygen atoms in total. The Kier molecular flexibility index (Phi) is 3.22. The molecule has 0 fully saturated rings. The highest BCUT2D eigenvalue weighted by Gasteiger charge is 2.08. The summed E-state index contributed by atoms with van der Waals surface area (Å²) in [6.07, 6.45) is 0. The van der Waals surface area contributed by atoms with E-state index in [0.717, 1.165) is 22.8 Å². The number of thiazole rings is 1. The van der Waals surface area contributed by atoms with Crippen molar-refractivity contribution in [1.29, 1.82) is 0 Å². The second-order valence-corrected chi connectivity index (χ2v) is 4.69. The Morgan fingerprint density at radius 1 is 1.31 bits per heavy atom. The number of aromatic nitrogens is 1. The Bertz CT molecular complexity index is 476. The van der Waals surface area contributed by atoms with E-state index in [-0.39, 0.29) is 5.75 Å². The molecular weight excluding hydrogens is 220 g/mol. The SMILES string of the molecule is CNCc1sc(-c2ccc(O)cc2)nc1C. The number of aromatic hydroxyl groups is 1. The van der Waals surface area contributed by atoms with Crippen LogP contribution in [0.4, 0.5) is 0 Å². The van der Waals surface area contributed by atoms with Crippen LogP contribution in [0.15, 0.2) is 24.3 Å². The summed E-state index contributed by atoms with van der Waals surface area (Å²) in [5.74, 6) is 0.285. The molecule has 84 valence electrons. The van der Waals surface area contributed by atoms with Gasteiger partial charge in [-0.05, 0) is 38.2 Å². The maximum Gasteiger partial charge on any atom is 0.123 e. The monoisotopic (exact) mass is 234 g/mol. The maximum atomic E-state index is 9.22. The lowest BCUT2D eigenvalue weighted by Crippen LogP contribution is -2.04. The quantitative estimate of drug-likeness (QED) is 0.858. The van der Waals surface area contributed by atoms with Crippen LogP contribution < -0.4 is 5.32 Å². The van der Waals surface area contributed by atoms with Gasteiger partial charge in [-0.25, -0.2) is 4.98 Å². The number of phenolic OH excluding ortho intramolecular Hbond substituents is 1. The molecule has 2 N–H and O–H groups in total. The van der Waals surface area contributed by atoms with Crippen LogP contribution in [0.2, 0.25) is 0 Å². The highest BCUT2D eigenvalue weighted by molar-refractivity contribution is 7.15. The van der Waals surface area contributed by atoms with Crippen LogP contribution in [-0.4, -0.2) is 17.1 Å². The summed E-state index contributed by atoms with van der Waals surface area (Å²) in [7, 11) is 1.93. The van der Waals surface area contributed by atoms with Gasteiger partial charge in [-0.3, -0.25) is 0 Å². The predicted octanol–water partition coefficient (Wildman–Crippen LogP) is 2.54. The van der Waals surface area contributed by atoms with Crippen molar-refractivity contribution in [2.75, 3.05) is 7.05 Å². The predicted molar refractivity (Wildman–Crippen MR) is 66.7 cm³/mol. The minimum atomic E-state index is 0.285. The van der Waals surface area contributed by atoms with Crippen LogP contribution in [0, 0.1) is 6.92 Å². The Balaban J connectivity index is 2.33. The third-order valence-electron chi connectivity index (χ3n) is 2.34. The van der Waals surface area contributed by atoms with Crippen LogP contribution >= 0.6 is 11.3 Å². The maximum absolute atomic E-state index is 9.22. The Morgan fingerprint density at radius 3 is 2.62 bits per heavy atom. The molecule has 0 saturated heterocycles. The first-order chi connectivity index (χ1) is 7.70. The van der Waals surface area contributed by atoms with Gasteiger partial charge in [0, 0.05) is 17.0 Å². The topological polar surface area (TPSA) is 45.1 Å². The first-order valence-electron chi connectivity index (χ1n) is 5.11. The van der Waals surface area contributed by atoms with Gasteiger partial charge in [0.05, 0.1) is 5.69 Å². The van der Waals surface area contributed by atoms with Crippen LogP contribution in [0.3, 0.4) is 0 Å². The fourth-order valence-electron chi connectivity index (χ4n) is 1.48. The second kappa shape index (κ2) is 4.63. The lowest BCUT2D eigenvalue weighted by atomic mass is 10.2. The van der Waals surface area contributed by atoms with Crippen LogP contribution in [-0.2, 0) is 6.54 Å². The Labute approximate surface area is 98.8 Å². The van der Waals surface area contributed by atoms with Crippen molar-refractivity contribution in [2.45, 2.75) is 13.5 Å². The van der Waals surface area contributed by atoms with Gasteiger partial charge >= 0.3 is 0 Å². The Hall–Kier alpha value is -1.39. The van der Waals surface area contributed by atoms with Crippen LogP contribution in [0.5, 0.6) is 5.75 Å². The molecule has 4 heteroatoms. The van der Waals surface area contributed by atoms with Crippen molar-refractivity contribution < 1.29 is 5.11 Å². The summed E-state index contributed by atoms with van der Waals surface area (Å²) < 4.78 is 0. The van der Waals surface area contributed by atoms with Crippen LogP contribution in [0.1, 0.15) is 10.6 Å². The van der Waals surface area contributed by atoms with E-state index in [4.69, 9.17) is 0 Å². The van der Waals surface area contributed by atoms with E-state index in [0.29, 0.717) is 0 Å². The zero-order valence-corrected chi connectivity index (χ0v) is 10.1. The zero-order valence-electron chi connectivity index (χ0n) is 9.32. The molecule has 0 aliphatic heterocycles. The summed E-state index contributed by atoms with van der Waals surface area (Å²) in [5, 5.41) is 13.4. The standard InChI is InChI=1S/C12H14N2OS/c1-8-11(7-13-2)16-12(14-8)9-3-5-10(15)6-4-9/h3-6,13,15H,7H2,1-2H3. The smallest absolute Gasteiger partial charge is 0.123 e. The van der Waals surface area contributed by atoms with Gasteiger partial charge in [0.15, 0.2) is 0 Å². The van der Waals surface area contributed by atoms with E-state index >= 15 is 0 Å². The average Bonchev–Trinajstić information content (AvgIpc) is 2.62. The lowest BCUT2D eigenvalue weighted by Gasteiger charge is -1.95. The molecule has 1 aromatic carbocycles.